The van der Waals surface area contributed by atoms with E-state index >= 15 is 0 Å². The fourth-order valence-electron chi connectivity index (χ4n) is 1.46. The zero-order chi connectivity index (χ0) is 11.0. The predicted molar refractivity (Wildman–Crippen MR) is 57.9 cm³/mol. The maximum atomic E-state index is 11.9. The van der Waals surface area contributed by atoms with E-state index in [4.69, 9.17) is 0 Å². The molecule has 0 bridgehead atoms. The second kappa shape index (κ2) is 3.58. The van der Waals surface area contributed by atoms with Gasteiger partial charge in [0.05, 0.1) is 10.0 Å². The molecule has 0 radical (unpaired) electrons. The van der Waals surface area contributed by atoms with Crippen LogP contribution in [-0.4, -0.2) is 23.6 Å². The number of halogens is 1. The molecule has 1 aliphatic carbocycles. The zero-order valence-electron chi connectivity index (χ0n) is 7.87. The number of nitrogens with zero attached hydrogens (tertiary/aromatic N) is 1. The van der Waals surface area contributed by atoms with Gasteiger partial charge in [-0.15, -0.1) is 0 Å². The molecule has 5 heteroatoms. The first-order valence-electron chi connectivity index (χ1n) is 4.27. The van der Waals surface area contributed by atoms with Crippen molar-refractivity contribution in [1.29, 1.82) is 0 Å². The minimum absolute atomic E-state index is 0.198. The van der Waals surface area contributed by atoms with Gasteiger partial charge in [-0.25, -0.2) is 0 Å². The summed E-state index contributed by atoms with van der Waals surface area (Å²) >= 11 is 3.12. The average molecular weight is 267 g/mol. The van der Waals surface area contributed by atoms with E-state index in [1.807, 2.05) is 0 Å². The van der Waals surface area contributed by atoms with Crippen LogP contribution in [0.4, 0.5) is 0 Å². The van der Waals surface area contributed by atoms with Crippen LogP contribution in [0.15, 0.2) is 28.6 Å². The van der Waals surface area contributed by atoms with Crippen LogP contribution in [0.1, 0.15) is 20.7 Å². The lowest BCUT2D eigenvalue weighted by Gasteiger charge is -2.16. The summed E-state index contributed by atoms with van der Waals surface area (Å²) in [6.07, 6.45) is 2.90. The number of hydrogen-bond acceptors (Lipinski definition) is 4. The molecule has 0 amide bonds. The third kappa shape index (κ3) is 1.39. The lowest BCUT2D eigenvalue weighted by molar-refractivity contribution is 0.0976. The molecule has 0 unspecified atom stereocenters. The predicted octanol–water partition coefficient (Wildman–Crippen LogP) is 1.29. The Bertz CT molecular complexity index is 494. The van der Waals surface area contributed by atoms with Crippen molar-refractivity contribution >= 4 is 27.5 Å². The van der Waals surface area contributed by atoms with Gasteiger partial charge in [-0.1, -0.05) is 0 Å². The summed E-state index contributed by atoms with van der Waals surface area (Å²) in [5.74, 6) is -0.413. The number of hydrogen-bond donors (Lipinski definition) is 1. The quantitative estimate of drug-likeness (QED) is 0.832. The van der Waals surface area contributed by atoms with Gasteiger partial charge in [0.15, 0.2) is 0 Å². The normalized spacial score (nSPS) is 15.3. The third-order valence-electron chi connectivity index (χ3n) is 2.21. The molecule has 1 aromatic heterocycles. The van der Waals surface area contributed by atoms with E-state index in [0.29, 0.717) is 11.1 Å². The maximum absolute atomic E-state index is 11.9. The molecular weight excluding hydrogens is 260 g/mol. The molecule has 0 saturated carbocycles. The van der Waals surface area contributed by atoms with Crippen LogP contribution >= 0.6 is 15.9 Å². The number of carbonyl (C=O) groups is 2. The summed E-state index contributed by atoms with van der Waals surface area (Å²) in [6, 6.07) is 1.54. The highest BCUT2D eigenvalue weighted by molar-refractivity contribution is 9.12. The second-order valence-electron chi connectivity index (χ2n) is 3.02. The van der Waals surface area contributed by atoms with Gasteiger partial charge in [0, 0.05) is 25.0 Å². The molecule has 0 spiro atoms. The Morgan fingerprint density at radius 3 is 2.67 bits per heavy atom. The molecule has 0 aromatic carbocycles. The summed E-state index contributed by atoms with van der Waals surface area (Å²) < 4.78 is 0.272. The van der Waals surface area contributed by atoms with Crippen LogP contribution in [0.3, 0.4) is 0 Å². The number of likely N-dealkylation sites (N-methyl/N-ethyl adjacent to an activating group) is 1. The summed E-state index contributed by atoms with van der Waals surface area (Å²) in [5, 5.41) is 2.71. The van der Waals surface area contributed by atoms with E-state index in [1.54, 1.807) is 13.1 Å². The zero-order valence-corrected chi connectivity index (χ0v) is 9.46. The summed E-state index contributed by atoms with van der Waals surface area (Å²) in [6.45, 7) is 0. The number of pyridine rings is 1. The largest absolute Gasteiger partial charge is 0.384 e. The summed E-state index contributed by atoms with van der Waals surface area (Å²) in [5.41, 5.74) is 1.01. The van der Waals surface area contributed by atoms with Crippen LogP contribution in [0.5, 0.6) is 0 Å². The van der Waals surface area contributed by atoms with Crippen molar-refractivity contribution in [2.24, 2.45) is 0 Å². The van der Waals surface area contributed by atoms with Crippen molar-refractivity contribution in [3.63, 3.8) is 0 Å². The van der Waals surface area contributed by atoms with Crippen molar-refractivity contribution in [1.82, 2.24) is 10.3 Å². The van der Waals surface area contributed by atoms with Gasteiger partial charge in [-0.2, -0.15) is 0 Å². The van der Waals surface area contributed by atoms with Gasteiger partial charge in [-0.3, -0.25) is 14.6 Å². The van der Waals surface area contributed by atoms with E-state index < -0.39 is 0 Å². The Hall–Kier alpha value is -1.49. The van der Waals surface area contributed by atoms with Crippen LogP contribution in [0.25, 0.3) is 0 Å². The Kier molecular flexibility index (Phi) is 2.40. The maximum Gasteiger partial charge on any atom is 0.212 e. The first kappa shape index (κ1) is 10.0. The molecule has 0 atom stereocenters. The first-order chi connectivity index (χ1) is 7.16. The van der Waals surface area contributed by atoms with Gasteiger partial charge in [0.25, 0.3) is 0 Å². The van der Waals surface area contributed by atoms with Crippen molar-refractivity contribution in [3.05, 3.63) is 39.8 Å². The van der Waals surface area contributed by atoms with Crippen LogP contribution in [0, 0.1) is 0 Å². The number of allylic oxidation sites excluding steroid dienone is 2. The monoisotopic (exact) mass is 266 g/mol. The van der Waals surface area contributed by atoms with Crippen molar-refractivity contribution in [3.8, 4) is 0 Å². The molecule has 1 aromatic rings. The molecule has 76 valence electrons. The topological polar surface area (TPSA) is 59.1 Å². The molecule has 2 rings (SSSR count). The smallest absolute Gasteiger partial charge is 0.212 e. The molecule has 1 heterocycles. The van der Waals surface area contributed by atoms with Crippen LogP contribution in [-0.2, 0) is 0 Å². The molecule has 0 fully saturated rings. The number of fused-ring (bicyclic) bond motifs is 1. The van der Waals surface area contributed by atoms with E-state index in [2.05, 4.69) is 26.2 Å². The Balaban J connectivity index is 2.68. The first-order valence-corrected chi connectivity index (χ1v) is 5.07. The molecule has 1 N–H and O–H groups in total. The Morgan fingerprint density at radius 1 is 1.27 bits per heavy atom. The van der Waals surface area contributed by atoms with E-state index in [0.717, 1.165) is 0 Å². The Labute approximate surface area is 94.5 Å². The van der Waals surface area contributed by atoms with Gasteiger partial charge in [0.1, 0.15) is 5.70 Å². The lowest BCUT2D eigenvalue weighted by Crippen LogP contribution is -2.26. The number of Topliss-reactive ketones (excluding diaryl/α,β-unsaturated/α-hetero) is 2. The molecule has 0 aliphatic heterocycles. The minimum atomic E-state index is -0.216. The van der Waals surface area contributed by atoms with Crippen molar-refractivity contribution < 1.29 is 9.59 Å². The molecule has 15 heavy (non-hydrogen) atoms. The third-order valence-corrected chi connectivity index (χ3v) is 2.96. The number of carbonyl (C=O) groups excluding carboxylic acids is 2. The summed E-state index contributed by atoms with van der Waals surface area (Å²) in [7, 11) is 1.60. The molecule has 0 saturated heterocycles. The van der Waals surface area contributed by atoms with E-state index in [9.17, 15) is 9.59 Å². The number of ketones is 2. The fourth-order valence-corrected chi connectivity index (χ4v) is 2.05. The fraction of sp³-hybridized carbons (Fsp3) is 0.100. The SMILES string of the molecule is CNC1=C(Br)C(=O)c2ccncc2C1=O. The molecule has 1 aliphatic rings. The number of nitrogens with one attached hydrogen (secondary N) is 1. The highest BCUT2D eigenvalue weighted by Crippen LogP contribution is 2.27. The van der Waals surface area contributed by atoms with Gasteiger partial charge in [-0.05, 0) is 22.0 Å². The highest BCUT2D eigenvalue weighted by Gasteiger charge is 2.30. The second-order valence-corrected chi connectivity index (χ2v) is 3.81. The average Bonchev–Trinajstić information content (AvgIpc) is 2.27. The highest BCUT2D eigenvalue weighted by atomic mass is 79.9. The van der Waals surface area contributed by atoms with Crippen LogP contribution < -0.4 is 5.32 Å². The van der Waals surface area contributed by atoms with Gasteiger partial charge < -0.3 is 5.32 Å². The molecule has 4 nitrogen and oxygen atoms in total. The standard InChI is InChI=1S/C10H7BrN2O2/c1-12-8-7(11)9(14)5-2-3-13-4-6(5)10(8)15/h2-4,12H,1H3. The van der Waals surface area contributed by atoms with Crippen molar-refractivity contribution in [2.75, 3.05) is 7.05 Å². The van der Waals surface area contributed by atoms with Gasteiger partial charge in [0.2, 0.25) is 11.6 Å². The van der Waals surface area contributed by atoms with Crippen LogP contribution in [0.2, 0.25) is 0 Å². The minimum Gasteiger partial charge on any atom is -0.384 e. The number of aromatic nitrogens is 1. The van der Waals surface area contributed by atoms with Gasteiger partial charge >= 0.3 is 0 Å². The van der Waals surface area contributed by atoms with E-state index in [-0.39, 0.29) is 21.7 Å². The summed E-state index contributed by atoms with van der Waals surface area (Å²) in [4.78, 5) is 27.5. The number of rotatable bonds is 1. The van der Waals surface area contributed by atoms with Crippen molar-refractivity contribution in [2.45, 2.75) is 0 Å². The van der Waals surface area contributed by atoms with E-state index in [1.165, 1.54) is 12.4 Å². The lowest BCUT2D eigenvalue weighted by atomic mass is 9.94. The molecular formula is C10H7BrN2O2. The Morgan fingerprint density at radius 2 is 2.00 bits per heavy atom.